The molecule has 10 heteroatoms. The van der Waals surface area contributed by atoms with Crippen LogP contribution in [-0.2, 0) is 18.9 Å². The van der Waals surface area contributed by atoms with Gasteiger partial charge < -0.3 is 24.7 Å². The monoisotopic (exact) mass is 690 g/mol. The largest absolute Gasteiger partial charge is 0.475 e. The van der Waals surface area contributed by atoms with Gasteiger partial charge in [0.2, 0.25) is 11.8 Å². The van der Waals surface area contributed by atoms with Crippen LogP contribution in [0.1, 0.15) is 115 Å². The van der Waals surface area contributed by atoms with Crippen molar-refractivity contribution in [1.29, 1.82) is 0 Å². The van der Waals surface area contributed by atoms with Crippen molar-refractivity contribution < 1.29 is 18.9 Å². The Bertz CT molecular complexity index is 1260. The molecule has 0 aliphatic carbocycles. The third-order valence-corrected chi connectivity index (χ3v) is 8.85. The molecule has 0 aromatic heterocycles. The third-order valence-electron chi connectivity index (χ3n) is 8.85. The highest BCUT2D eigenvalue weighted by atomic mass is 16.5. The second-order valence-electron chi connectivity index (χ2n) is 13.3. The quantitative estimate of drug-likeness (QED) is 0.0479. The van der Waals surface area contributed by atoms with E-state index in [-0.39, 0.29) is 24.2 Å². The molecule has 50 heavy (non-hydrogen) atoms. The van der Waals surface area contributed by atoms with Crippen molar-refractivity contribution in [3.8, 4) is 0 Å². The molecule has 10 nitrogen and oxygen atoms in total. The van der Waals surface area contributed by atoms with Crippen molar-refractivity contribution in [2.24, 2.45) is 20.8 Å². The van der Waals surface area contributed by atoms with Crippen LogP contribution in [0.25, 0.3) is 10.4 Å². The predicted octanol–water partition coefficient (Wildman–Crippen LogP) is 9.20. The number of aliphatic imine (C=N–C) groups is 2. The minimum absolute atomic E-state index is 0.0323. The van der Waals surface area contributed by atoms with E-state index >= 15 is 0 Å². The lowest BCUT2D eigenvalue weighted by Crippen LogP contribution is -2.23. The highest BCUT2D eigenvalue weighted by molar-refractivity contribution is 5.95. The lowest BCUT2D eigenvalue weighted by atomic mass is 10.1. The first-order valence-electron chi connectivity index (χ1n) is 19.1. The number of unbranched alkanes of at least 4 members (excludes halogenated alkanes) is 8. The number of nitrogens with zero attached hydrogens (tertiary/aromatic N) is 5. The molecule has 0 spiro atoms. The molecule has 276 valence electrons. The van der Waals surface area contributed by atoms with Gasteiger partial charge in [-0.3, -0.25) is 0 Å². The fraction of sp³-hybridized carbons (Fsp3) is 0.650. The lowest BCUT2D eigenvalue weighted by molar-refractivity contribution is 0.106. The van der Waals surface area contributed by atoms with Crippen molar-refractivity contribution >= 4 is 11.8 Å². The van der Waals surface area contributed by atoms with E-state index in [1.807, 2.05) is 60.7 Å². The van der Waals surface area contributed by atoms with Gasteiger partial charge in [-0.2, -0.15) is 0 Å². The number of hydrogen-bond acceptors (Lipinski definition) is 8. The summed E-state index contributed by atoms with van der Waals surface area (Å²) in [6.07, 6.45) is 16.4. The summed E-state index contributed by atoms with van der Waals surface area (Å²) in [6.45, 7) is 8.06. The van der Waals surface area contributed by atoms with Gasteiger partial charge in [0.05, 0.1) is 13.2 Å². The topological polar surface area (TPSA) is 136 Å². The normalized spacial score (nSPS) is 17.7. The van der Waals surface area contributed by atoms with Crippen LogP contribution in [0.3, 0.4) is 0 Å². The van der Waals surface area contributed by atoms with Crippen LogP contribution in [0.5, 0.6) is 0 Å². The van der Waals surface area contributed by atoms with Crippen LogP contribution < -0.4 is 5.73 Å². The fourth-order valence-electron chi connectivity index (χ4n) is 5.84. The Kier molecular flexibility index (Phi) is 21.6. The predicted molar refractivity (Wildman–Crippen MR) is 204 cm³/mol. The van der Waals surface area contributed by atoms with Crippen LogP contribution in [-0.4, -0.2) is 75.6 Å². The van der Waals surface area contributed by atoms with Gasteiger partial charge in [0.1, 0.15) is 25.3 Å². The Morgan fingerprint density at radius 1 is 0.700 bits per heavy atom. The average molecular weight is 691 g/mol. The second kappa shape index (κ2) is 26.4. The zero-order chi connectivity index (χ0) is 35.5. The molecular weight excluding hydrogens is 628 g/mol. The van der Waals surface area contributed by atoms with Gasteiger partial charge in [-0.1, -0.05) is 120 Å². The molecule has 4 atom stereocenters. The van der Waals surface area contributed by atoms with Gasteiger partial charge in [0, 0.05) is 41.3 Å². The molecule has 0 saturated heterocycles. The van der Waals surface area contributed by atoms with Crippen LogP contribution in [0.15, 0.2) is 75.8 Å². The maximum Gasteiger partial charge on any atom is 0.216 e. The van der Waals surface area contributed by atoms with E-state index in [9.17, 15) is 0 Å². The molecular formula is C40H62N6O4. The summed E-state index contributed by atoms with van der Waals surface area (Å²) in [6, 6.07) is 20.4. The highest BCUT2D eigenvalue weighted by Gasteiger charge is 2.21. The smallest absolute Gasteiger partial charge is 0.216 e. The maximum atomic E-state index is 8.73. The maximum absolute atomic E-state index is 8.73. The minimum atomic E-state index is 0.0323. The van der Waals surface area contributed by atoms with Crippen molar-refractivity contribution in [3.05, 3.63) is 82.2 Å². The molecule has 2 aromatic carbocycles. The van der Waals surface area contributed by atoms with E-state index in [1.165, 1.54) is 57.8 Å². The van der Waals surface area contributed by atoms with Crippen LogP contribution >= 0.6 is 0 Å². The van der Waals surface area contributed by atoms with E-state index in [0.717, 1.165) is 49.1 Å². The molecule has 4 rings (SSSR count). The van der Waals surface area contributed by atoms with Gasteiger partial charge >= 0.3 is 0 Å². The fourth-order valence-corrected chi connectivity index (χ4v) is 5.84. The van der Waals surface area contributed by atoms with Crippen molar-refractivity contribution in [1.82, 2.24) is 0 Å². The first-order valence-corrected chi connectivity index (χ1v) is 19.1. The Balaban J connectivity index is 0.000000271. The van der Waals surface area contributed by atoms with E-state index in [4.69, 9.17) is 30.2 Å². The first kappa shape index (κ1) is 41.0. The van der Waals surface area contributed by atoms with Crippen molar-refractivity contribution in [2.75, 3.05) is 39.6 Å². The van der Waals surface area contributed by atoms with Gasteiger partial charge in [-0.25, -0.2) is 9.98 Å². The summed E-state index contributed by atoms with van der Waals surface area (Å²) in [4.78, 5) is 12.1. The third kappa shape index (κ3) is 17.5. The SMILES string of the molecule is CCCCCCC[C@@H](CCOC[C@@H]1COC(c2ccccc2)=N1)N=[N+]=[N-].CCCCCCC[C@H](N)CCOC[C@@H]1COC(c2ccccc2)=N1. The number of rotatable bonds is 25. The molecule has 0 saturated carbocycles. The van der Waals surface area contributed by atoms with Crippen LogP contribution in [0, 0.1) is 0 Å². The minimum Gasteiger partial charge on any atom is -0.475 e. The highest BCUT2D eigenvalue weighted by Crippen LogP contribution is 2.16. The Morgan fingerprint density at radius 2 is 1.18 bits per heavy atom. The molecule has 2 aliphatic rings. The van der Waals surface area contributed by atoms with Gasteiger partial charge in [0.25, 0.3) is 0 Å². The number of benzene rings is 2. The van der Waals surface area contributed by atoms with Crippen molar-refractivity contribution in [3.63, 3.8) is 0 Å². The molecule has 0 radical (unpaired) electrons. The lowest BCUT2D eigenvalue weighted by Gasteiger charge is -2.12. The summed E-state index contributed by atoms with van der Waals surface area (Å²) in [5.41, 5.74) is 16.9. The van der Waals surface area contributed by atoms with Gasteiger partial charge in [0.15, 0.2) is 0 Å². The molecule has 0 bridgehead atoms. The van der Waals surface area contributed by atoms with E-state index in [2.05, 4.69) is 33.9 Å². The Morgan fingerprint density at radius 3 is 1.68 bits per heavy atom. The summed E-state index contributed by atoms with van der Waals surface area (Å²) in [5.74, 6) is 1.42. The van der Waals surface area contributed by atoms with Gasteiger partial charge in [-0.05, 0) is 55.5 Å². The molecule has 0 fully saturated rings. The molecule has 2 heterocycles. The average Bonchev–Trinajstić information content (AvgIpc) is 3.83. The van der Waals surface area contributed by atoms with Crippen molar-refractivity contribution in [2.45, 2.75) is 128 Å². The first-order chi connectivity index (χ1) is 24.6. The molecule has 2 aliphatic heterocycles. The van der Waals surface area contributed by atoms with Crippen LogP contribution in [0.2, 0.25) is 0 Å². The van der Waals surface area contributed by atoms with Gasteiger partial charge in [-0.15, -0.1) is 0 Å². The van der Waals surface area contributed by atoms with Crippen LogP contribution in [0.4, 0.5) is 0 Å². The zero-order valence-corrected chi connectivity index (χ0v) is 30.7. The Labute approximate surface area is 300 Å². The number of hydrogen-bond donors (Lipinski definition) is 1. The summed E-state index contributed by atoms with van der Waals surface area (Å²) >= 11 is 0. The number of ether oxygens (including phenoxy) is 4. The van der Waals surface area contributed by atoms with E-state index in [1.54, 1.807) is 0 Å². The Hall–Kier alpha value is -3.43. The molecule has 0 unspecified atom stereocenters. The summed E-state index contributed by atoms with van der Waals surface area (Å²) in [7, 11) is 0. The molecule has 0 amide bonds. The standard InChI is InChI=1S/C20H30N4O2.C20H32N2O2/c1-2-3-4-5-9-12-18(23-24-21)13-14-25-15-19-16-26-20(22-19)17-10-7-6-8-11-17;1-2-3-4-5-9-12-18(21)13-14-23-15-19-16-24-20(22-19)17-10-7-6-8-11-17/h6-8,10-11,18-19H,2-5,9,12-16H2,1H3;6-8,10-11,18-19H,2-5,9,12-16,21H2,1H3/t2*18-,19+/m00/s1. The summed E-state index contributed by atoms with van der Waals surface area (Å²) in [5, 5.41) is 3.91. The summed E-state index contributed by atoms with van der Waals surface area (Å²) < 4.78 is 22.8. The number of azide groups is 1. The number of nitrogens with two attached hydrogens (primary N) is 1. The second-order valence-corrected chi connectivity index (χ2v) is 13.3. The van der Waals surface area contributed by atoms with E-state index < -0.39 is 0 Å². The molecule has 2 N–H and O–H groups in total. The molecule has 2 aromatic rings. The van der Waals surface area contributed by atoms with E-state index in [0.29, 0.717) is 45.5 Å². The zero-order valence-electron chi connectivity index (χ0n) is 30.7.